The van der Waals surface area contributed by atoms with Crippen molar-refractivity contribution in [2.24, 2.45) is 0 Å². The quantitative estimate of drug-likeness (QED) is 0.703. The Balaban J connectivity index is 1.70. The molecule has 0 aliphatic rings. The Kier molecular flexibility index (Phi) is 4.45. The van der Waals surface area contributed by atoms with E-state index < -0.39 is 0 Å². The number of para-hydroxylation sites is 1. The van der Waals surface area contributed by atoms with Crippen LogP contribution in [0.15, 0.2) is 59.1 Å². The van der Waals surface area contributed by atoms with Gasteiger partial charge in [0.15, 0.2) is 5.01 Å². The molecule has 2 amide bonds. The number of carbonyl (C=O) groups excluding carboxylic acids is 1. The lowest BCUT2D eigenvalue weighted by atomic mass is 10.2. The number of nitrogens with zero attached hydrogens (tertiary/aromatic N) is 2. The zero-order chi connectivity index (χ0) is 15.4. The van der Waals surface area contributed by atoms with Crippen LogP contribution in [0, 0.1) is 0 Å². The number of rotatable bonds is 3. The molecule has 0 atom stereocenters. The van der Waals surface area contributed by atoms with E-state index >= 15 is 0 Å². The number of halogens is 1. The number of urea groups is 1. The third kappa shape index (κ3) is 3.49. The molecule has 0 saturated carbocycles. The highest BCUT2D eigenvalue weighted by atomic mass is 79.9. The van der Waals surface area contributed by atoms with Gasteiger partial charge in [0.2, 0.25) is 5.13 Å². The van der Waals surface area contributed by atoms with Gasteiger partial charge in [0, 0.05) is 15.7 Å². The summed E-state index contributed by atoms with van der Waals surface area (Å²) < 4.78 is 0.937. The van der Waals surface area contributed by atoms with Crippen LogP contribution in [0.1, 0.15) is 0 Å². The van der Waals surface area contributed by atoms with Crippen molar-refractivity contribution in [2.45, 2.75) is 0 Å². The van der Waals surface area contributed by atoms with Crippen LogP contribution in [0.4, 0.5) is 15.6 Å². The molecule has 0 fully saturated rings. The summed E-state index contributed by atoms with van der Waals surface area (Å²) in [5.41, 5.74) is 1.66. The maximum atomic E-state index is 11.9. The first kappa shape index (κ1) is 14.7. The Morgan fingerprint density at radius 3 is 2.45 bits per heavy atom. The van der Waals surface area contributed by atoms with E-state index in [4.69, 9.17) is 0 Å². The molecular weight excluding hydrogens is 364 g/mol. The molecule has 0 aliphatic carbocycles. The van der Waals surface area contributed by atoms with Crippen LogP contribution in [0.25, 0.3) is 10.6 Å². The fraction of sp³-hybridized carbons (Fsp3) is 0. The molecule has 1 heterocycles. The summed E-state index contributed by atoms with van der Waals surface area (Å²) in [6.07, 6.45) is 0. The molecule has 0 saturated heterocycles. The molecule has 3 rings (SSSR count). The number of hydrogen-bond donors (Lipinski definition) is 2. The van der Waals surface area contributed by atoms with Gasteiger partial charge in [0.25, 0.3) is 0 Å². The molecule has 0 radical (unpaired) electrons. The smallest absolute Gasteiger partial charge is 0.308 e. The van der Waals surface area contributed by atoms with Crippen molar-refractivity contribution in [3.8, 4) is 10.6 Å². The molecule has 0 aliphatic heterocycles. The second-order valence-corrected chi connectivity index (χ2v) is 6.17. The highest BCUT2D eigenvalue weighted by Gasteiger charge is 2.11. The molecule has 110 valence electrons. The second-order valence-electron chi connectivity index (χ2n) is 4.34. The summed E-state index contributed by atoms with van der Waals surface area (Å²) in [7, 11) is 0. The fourth-order valence-electron chi connectivity index (χ4n) is 1.80. The normalized spacial score (nSPS) is 10.2. The van der Waals surface area contributed by atoms with Gasteiger partial charge in [-0.15, -0.1) is 10.2 Å². The fourth-order valence-corrected chi connectivity index (χ4v) is 3.18. The number of anilines is 2. The lowest BCUT2D eigenvalue weighted by Crippen LogP contribution is -2.19. The largest absolute Gasteiger partial charge is 0.325 e. The zero-order valence-corrected chi connectivity index (χ0v) is 13.7. The van der Waals surface area contributed by atoms with Crippen LogP contribution in [-0.4, -0.2) is 16.2 Å². The third-order valence-electron chi connectivity index (χ3n) is 2.78. The first-order valence-corrected chi connectivity index (χ1v) is 8.05. The van der Waals surface area contributed by atoms with Crippen LogP contribution in [0.2, 0.25) is 0 Å². The summed E-state index contributed by atoms with van der Waals surface area (Å²) in [4.78, 5) is 11.9. The Morgan fingerprint density at radius 1 is 0.955 bits per heavy atom. The topological polar surface area (TPSA) is 66.9 Å². The van der Waals surface area contributed by atoms with E-state index in [1.165, 1.54) is 11.3 Å². The van der Waals surface area contributed by atoms with Gasteiger partial charge in [0.1, 0.15) is 0 Å². The van der Waals surface area contributed by atoms with Crippen LogP contribution in [0.5, 0.6) is 0 Å². The first-order valence-electron chi connectivity index (χ1n) is 6.44. The lowest BCUT2D eigenvalue weighted by Gasteiger charge is -2.04. The van der Waals surface area contributed by atoms with Gasteiger partial charge in [-0.1, -0.05) is 63.7 Å². The third-order valence-corrected chi connectivity index (χ3v) is 4.34. The monoisotopic (exact) mass is 374 g/mol. The highest BCUT2D eigenvalue weighted by Crippen LogP contribution is 2.31. The molecule has 0 bridgehead atoms. The number of amides is 2. The summed E-state index contributed by atoms with van der Waals surface area (Å²) in [5.74, 6) is 0. The number of nitrogens with one attached hydrogen (secondary N) is 2. The lowest BCUT2D eigenvalue weighted by molar-refractivity contribution is 0.262. The maximum absolute atomic E-state index is 11.9. The molecule has 1 aromatic heterocycles. The van der Waals surface area contributed by atoms with Crippen molar-refractivity contribution >= 4 is 44.1 Å². The average Bonchev–Trinajstić information content (AvgIpc) is 2.97. The minimum atomic E-state index is -0.346. The summed E-state index contributed by atoms with van der Waals surface area (Å²) >= 11 is 4.79. The van der Waals surface area contributed by atoms with Crippen LogP contribution in [-0.2, 0) is 0 Å². The van der Waals surface area contributed by atoms with Gasteiger partial charge < -0.3 is 5.32 Å². The number of benzene rings is 2. The average molecular weight is 375 g/mol. The van der Waals surface area contributed by atoms with Crippen LogP contribution < -0.4 is 10.6 Å². The van der Waals surface area contributed by atoms with Crippen molar-refractivity contribution in [1.82, 2.24) is 10.2 Å². The van der Waals surface area contributed by atoms with Crippen molar-refractivity contribution in [2.75, 3.05) is 10.6 Å². The van der Waals surface area contributed by atoms with E-state index in [1.807, 2.05) is 54.6 Å². The molecule has 2 N–H and O–H groups in total. The predicted octanol–water partition coefficient (Wildman–Crippen LogP) is 4.61. The first-order chi connectivity index (χ1) is 10.7. The second kappa shape index (κ2) is 6.67. The van der Waals surface area contributed by atoms with Crippen molar-refractivity contribution in [1.29, 1.82) is 0 Å². The Morgan fingerprint density at radius 2 is 1.68 bits per heavy atom. The van der Waals surface area contributed by atoms with E-state index in [9.17, 15) is 4.79 Å². The number of hydrogen-bond acceptors (Lipinski definition) is 4. The minimum absolute atomic E-state index is 0.346. The Labute approximate surface area is 139 Å². The van der Waals surface area contributed by atoms with E-state index in [0.717, 1.165) is 20.7 Å². The molecule has 3 aromatic rings. The summed E-state index contributed by atoms with van der Waals surface area (Å²) in [5, 5.41) is 14.7. The number of aromatic nitrogens is 2. The van der Waals surface area contributed by atoms with E-state index in [0.29, 0.717) is 5.13 Å². The van der Waals surface area contributed by atoms with Gasteiger partial charge in [0.05, 0.1) is 0 Å². The Hall–Kier alpha value is -2.25. The molecule has 5 nitrogen and oxygen atoms in total. The standard InChI is InChI=1S/C15H11BrN4OS/c16-12-9-5-4-8-11(12)13-19-20-15(22-13)18-14(21)17-10-6-2-1-3-7-10/h1-9H,(H2,17,18,20,21). The molecule has 2 aromatic carbocycles. The van der Waals surface area contributed by atoms with Crippen molar-refractivity contribution in [3.63, 3.8) is 0 Å². The molecule has 22 heavy (non-hydrogen) atoms. The van der Waals surface area contributed by atoms with Crippen molar-refractivity contribution in [3.05, 3.63) is 59.1 Å². The minimum Gasteiger partial charge on any atom is -0.308 e. The van der Waals surface area contributed by atoms with Crippen LogP contribution in [0.3, 0.4) is 0 Å². The van der Waals surface area contributed by atoms with E-state index in [2.05, 4.69) is 36.8 Å². The van der Waals surface area contributed by atoms with E-state index in [-0.39, 0.29) is 6.03 Å². The molecule has 0 unspecified atom stereocenters. The maximum Gasteiger partial charge on any atom is 0.325 e. The SMILES string of the molecule is O=C(Nc1ccccc1)Nc1nnc(-c2ccccc2Br)s1. The van der Waals surface area contributed by atoms with Gasteiger partial charge in [-0.25, -0.2) is 4.79 Å². The zero-order valence-electron chi connectivity index (χ0n) is 11.3. The highest BCUT2D eigenvalue weighted by molar-refractivity contribution is 9.10. The van der Waals surface area contributed by atoms with Gasteiger partial charge in [-0.05, 0) is 18.2 Å². The van der Waals surface area contributed by atoms with Crippen LogP contribution >= 0.6 is 27.3 Å². The molecule has 7 heteroatoms. The van der Waals surface area contributed by atoms with Crippen molar-refractivity contribution < 1.29 is 4.79 Å². The molecule has 0 spiro atoms. The molecular formula is C15H11BrN4OS. The van der Waals surface area contributed by atoms with Gasteiger partial charge in [-0.2, -0.15) is 0 Å². The van der Waals surface area contributed by atoms with Gasteiger partial charge >= 0.3 is 6.03 Å². The predicted molar refractivity (Wildman–Crippen MR) is 92.1 cm³/mol. The van der Waals surface area contributed by atoms with E-state index in [1.54, 1.807) is 0 Å². The summed E-state index contributed by atoms with van der Waals surface area (Å²) in [6, 6.07) is 16.6. The summed E-state index contributed by atoms with van der Waals surface area (Å²) in [6.45, 7) is 0. The van der Waals surface area contributed by atoms with Gasteiger partial charge in [-0.3, -0.25) is 5.32 Å². The Bertz CT molecular complexity index is 791. The number of carbonyl (C=O) groups is 1.